The van der Waals surface area contributed by atoms with E-state index in [9.17, 15) is 8.42 Å². The SMILES string of the molecule is CC(CNS(=O)(=O)c1ccc(CN)nc1)N1CCCC1. The molecule has 0 bridgehead atoms. The standard InChI is InChI=1S/C13H22N4O2S/c1-11(17-6-2-3-7-17)9-16-20(18,19)13-5-4-12(8-14)15-10-13/h4-5,10-11,16H,2-3,6-9,14H2,1H3. The molecule has 0 aliphatic carbocycles. The van der Waals surface area contributed by atoms with Gasteiger partial charge in [-0.3, -0.25) is 9.88 Å². The largest absolute Gasteiger partial charge is 0.325 e. The highest BCUT2D eigenvalue weighted by molar-refractivity contribution is 7.89. The zero-order valence-corrected chi connectivity index (χ0v) is 12.6. The molecule has 0 saturated carbocycles. The van der Waals surface area contributed by atoms with Crippen LogP contribution in [0.2, 0.25) is 0 Å². The molecular weight excluding hydrogens is 276 g/mol. The molecule has 1 fully saturated rings. The van der Waals surface area contributed by atoms with Gasteiger partial charge in [0.25, 0.3) is 0 Å². The summed E-state index contributed by atoms with van der Waals surface area (Å²) in [7, 11) is -3.49. The summed E-state index contributed by atoms with van der Waals surface area (Å²) in [6.07, 6.45) is 3.74. The number of hydrogen-bond acceptors (Lipinski definition) is 5. The van der Waals surface area contributed by atoms with Gasteiger partial charge in [-0.25, -0.2) is 13.1 Å². The molecule has 0 amide bonds. The molecule has 2 heterocycles. The van der Waals surface area contributed by atoms with Crippen molar-refractivity contribution in [2.75, 3.05) is 19.6 Å². The summed E-state index contributed by atoms with van der Waals surface area (Å²) in [5.74, 6) is 0. The maximum Gasteiger partial charge on any atom is 0.242 e. The average Bonchev–Trinajstić information content (AvgIpc) is 2.99. The molecule has 2 rings (SSSR count). The summed E-state index contributed by atoms with van der Waals surface area (Å²) in [5.41, 5.74) is 6.12. The van der Waals surface area contributed by atoms with Gasteiger partial charge in [-0.1, -0.05) is 0 Å². The Morgan fingerprint density at radius 1 is 1.40 bits per heavy atom. The van der Waals surface area contributed by atoms with Crippen LogP contribution in [0.5, 0.6) is 0 Å². The molecule has 3 N–H and O–H groups in total. The van der Waals surface area contributed by atoms with E-state index in [1.807, 2.05) is 6.92 Å². The third-order valence-electron chi connectivity index (χ3n) is 3.65. The Hall–Kier alpha value is -1.02. The minimum absolute atomic E-state index is 0.184. The average molecular weight is 298 g/mol. The Morgan fingerprint density at radius 2 is 2.10 bits per heavy atom. The van der Waals surface area contributed by atoms with Crippen molar-refractivity contribution in [3.8, 4) is 0 Å². The Kier molecular flexibility index (Phi) is 5.09. The van der Waals surface area contributed by atoms with Crippen LogP contribution in [-0.2, 0) is 16.6 Å². The highest BCUT2D eigenvalue weighted by atomic mass is 32.2. The second kappa shape index (κ2) is 6.62. The van der Waals surface area contributed by atoms with Crippen molar-refractivity contribution in [1.82, 2.24) is 14.6 Å². The zero-order chi connectivity index (χ0) is 14.6. The van der Waals surface area contributed by atoms with Gasteiger partial charge in [-0.15, -0.1) is 0 Å². The van der Waals surface area contributed by atoms with Crippen LogP contribution < -0.4 is 10.5 Å². The molecule has 0 spiro atoms. The van der Waals surface area contributed by atoms with Crippen molar-refractivity contribution in [2.45, 2.75) is 37.2 Å². The Labute approximate surface area is 120 Å². The fraction of sp³-hybridized carbons (Fsp3) is 0.615. The van der Waals surface area contributed by atoms with Crippen LogP contribution in [0.4, 0.5) is 0 Å². The van der Waals surface area contributed by atoms with Gasteiger partial charge >= 0.3 is 0 Å². The van der Waals surface area contributed by atoms with Gasteiger partial charge in [-0.05, 0) is 45.0 Å². The molecule has 1 atom stereocenters. The molecule has 1 aliphatic heterocycles. The first-order valence-electron chi connectivity index (χ1n) is 6.91. The van der Waals surface area contributed by atoms with Gasteiger partial charge in [0, 0.05) is 25.3 Å². The predicted molar refractivity (Wildman–Crippen MR) is 77.6 cm³/mol. The third kappa shape index (κ3) is 3.76. The lowest BCUT2D eigenvalue weighted by atomic mass is 10.3. The van der Waals surface area contributed by atoms with E-state index in [-0.39, 0.29) is 10.9 Å². The van der Waals surface area contributed by atoms with Crippen LogP contribution in [0.15, 0.2) is 23.2 Å². The van der Waals surface area contributed by atoms with E-state index in [1.54, 1.807) is 6.07 Å². The molecule has 112 valence electrons. The number of nitrogens with one attached hydrogen (secondary N) is 1. The first-order chi connectivity index (χ1) is 9.53. The molecular formula is C13H22N4O2S. The third-order valence-corrected chi connectivity index (χ3v) is 5.06. The summed E-state index contributed by atoms with van der Waals surface area (Å²) in [4.78, 5) is 6.50. The topological polar surface area (TPSA) is 88.3 Å². The molecule has 1 aromatic heterocycles. The highest BCUT2D eigenvalue weighted by Crippen LogP contribution is 2.12. The normalized spacial score (nSPS) is 18.3. The van der Waals surface area contributed by atoms with Gasteiger partial charge in [0.15, 0.2) is 0 Å². The zero-order valence-electron chi connectivity index (χ0n) is 11.7. The predicted octanol–water partition coefficient (Wildman–Crippen LogP) is 0.303. The van der Waals surface area contributed by atoms with E-state index in [2.05, 4.69) is 14.6 Å². The van der Waals surface area contributed by atoms with Crippen LogP contribution in [0, 0.1) is 0 Å². The molecule has 0 radical (unpaired) electrons. The number of nitrogens with two attached hydrogens (primary N) is 1. The minimum Gasteiger partial charge on any atom is -0.325 e. The smallest absolute Gasteiger partial charge is 0.242 e. The van der Waals surface area contributed by atoms with Crippen molar-refractivity contribution >= 4 is 10.0 Å². The fourth-order valence-electron chi connectivity index (χ4n) is 2.32. The number of nitrogens with zero attached hydrogens (tertiary/aromatic N) is 2. The van der Waals surface area contributed by atoms with Crippen LogP contribution in [0.3, 0.4) is 0 Å². The highest BCUT2D eigenvalue weighted by Gasteiger charge is 2.21. The van der Waals surface area contributed by atoms with Gasteiger partial charge < -0.3 is 5.73 Å². The van der Waals surface area contributed by atoms with E-state index >= 15 is 0 Å². The summed E-state index contributed by atoms with van der Waals surface area (Å²) < 4.78 is 26.9. The van der Waals surface area contributed by atoms with Gasteiger partial charge in [0.05, 0.1) is 5.69 Å². The Morgan fingerprint density at radius 3 is 2.65 bits per heavy atom. The lowest BCUT2D eigenvalue weighted by Gasteiger charge is -2.23. The molecule has 1 saturated heterocycles. The molecule has 0 aromatic carbocycles. The second-order valence-electron chi connectivity index (χ2n) is 5.13. The number of hydrogen-bond donors (Lipinski definition) is 2. The summed E-state index contributed by atoms with van der Waals surface area (Å²) >= 11 is 0. The quantitative estimate of drug-likeness (QED) is 0.789. The van der Waals surface area contributed by atoms with Crippen molar-refractivity contribution in [2.24, 2.45) is 5.73 Å². The molecule has 20 heavy (non-hydrogen) atoms. The maximum absolute atomic E-state index is 12.2. The van der Waals surface area contributed by atoms with Crippen LogP contribution >= 0.6 is 0 Å². The van der Waals surface area contributed by atoms with Crippen LogP contribution in [0.1, 0.15) is 25.5 Å². The van der Waals surface area contributed by atoms with Crippen molar-refractivity contribution < 1.29 is 8.42 Å². The molecule has 1 aromatic rings. The number of sulfonamides is 1. The second-order valence-corrected chi connectivity index (χ2v) is 6.90. The lowest BCUT2D eigenvalue weighted by Crippen LogP contribution is -2.40. The summed E-state index contributed by atoms with van der Waals surface area (Å²) in [5, 5.41) is 0. The van der Waals surface area contributed by atoms with Crippen molar-refractivity contribution in [3.05, 3.63) is 24.0 Å². The first kappa shape index (κ1) is 15.4. The van der Waals surface area contributed by atoms with E-state index in [0.29, 0.717) is 18.8 Å². The van der Waals surface area contributed by atoms with Crippen molar-refractivity contribution in [1.29, 1.82) is 0 Å². The molecule has 7 heteroatoms. The van der Waals surface area contributed by atoms with Crippen molar-refractivity contribution in [3.63, 3.8) is 0 Å². The van der Waals surface area contributed by atoms with E-state index in [0.717, 1.165) is 13.1 Å². The summed E-state index contributed by atoms with van der Waals surface area (Å²) in [6.45, 7) is 4.87. The fourth-order valence-corrected chi connectivity index (χ4v) is 3.38. The van der Waals surface area contributed by atoms with Crippen LogP contribution in [0.25, 0.3) is 0 Å². The summed E-state index contributed by atoms with van der Waals surface area (Å²) in [6, 6.07) is 3.39. The number of aromatic nitrogens is 1. The maximum atomic E-state index is 12.2. The minimum atomic E-state index is -3.49. The van der Waals surface area contributed by atoms with Gasteiger partial charge in [0.2, 0.25) is 10.0 Å². The Balaban J connectivity index is 1.95. The number of likely N-dealkylation sites (tertiary alicyclic amines) is 1. The van der Waals surface area contributed by atoms with E-state index in [4.69, 9.17) is 5.73 Å². The molecule has 6 nitrogen and oxygen atoms in total. The monoisotopic (exact) mass is 298 g/mol. The van der Waals surface area contributed by atoms with E-state index in [1.165, 1.54) is 25.1 Å². The number of pyridine rings is 1. The molecule has 1 aliphatic rings. The van der Waals surface area contributed by atoms with Gasteiger partial charge in [-0.2, -0.15) is 0 Å². The number of rotatable bonds is 6. The lowest BCUT2D eigenvalue weighted by molar-refractivity contribution is 0.260. The first-order valence-corrected chi connectivity index (χ1v) is 8.40. The van der Waals surface area contributed by atoms with Gasteiger partial charge in [0.1, 0.15) is 4.90 Å². The Bertz CT molecular complexity index is 524. The van der Waals surface area contributed by atoms with Crippen LogP contribution in [-0.4, -0.2) is 44.0 Å². The van der Waals surface area contributed by atoms with E-state index < -0.39 is 10.0 Å². The molecule has 1 unspecified atom stereocenters.